The molecule has 0 bridgehead atoms. The first-order valence-corrected chi connectivity index (χ1v) is 9.38. The lowest BCUT2D eigenvalue weighted by molar-refractivity contribution is -0.130. The van der Waals surface area contributed by atoms with Crippen molar-refractivity contribution in [3.05, 3.63) is 0 Å². The molecule has 5 heteroatoms. The van der Waals surface area contributed by atoms with Gasteiger partial charge in [-0.1, -0.05) is 26.2 Å². The van der Waals surface area contributed by atoms with Crippen molar-refractivity contribution in [2.24, 2.45) is 11.8 Å². The summed E-state index contributed by atoms with van der Waals surface area (Å²) in [6, 6.07) is 0.0587. The van der Waals surface area contributed by atoms with Crippen molar-refractivity contribution in [1.29, 1.82) is 0 Å². The first-order valence-electron chi connectivity index (χ1n) is 9.38. The van der Waals surface area contributed by atoms with E-state index in [0.29, 0.717) is 18.9 Å². The number of hydrogen-bond donors (Lipinski definition) is 1. The van der Waals surface area contributed by atoms with Crippen molar-refractivity contribution in [3.8, 4) is 0 Å². The second-order valence-electron chi connectivity index (χ2n) is 7.19. The molecular formula is C18H33N3O2. The van der Waals surface area contributed by atoms with Gasteiger partial charge in [0, 0.05) is 39.6 Å². The quantitative estimate of drug-likeness (QED) is 0.764. The first-order chi connectivity index (χ1) is 11.1. The standard InChI is InChI=1S/C18H33N3O2/c1-3-12-20(2)17(22)9-6-11-19-18(23)21-13-10-15-7-4-5-8-16(15)14-21/h15-16H,3-14H2,1-2H3,(H,19,23). The first kappa shape index (κ1) is 18.1. The summed E-state index contributed by atoms with van der Waals surface area (Å²) in [7, 11) is 1.85. The number of carbonyl (C=O) groups is 2. The van der Waals surface area contributed by atoms with Crippen molar-refractivity contribution in [2.45, 2.75) is 58.3 Å². The van der Waals surface area contributed by atoms with Gasteiger partial charge in [-0.25, -0.2) is 4.79 Å². The van der Waals surface area contributed by atoms with Gasteiger partial charge in [0.15, 0.2) is 0 Å². The maximum absolute atomic E-state index is 12.3. The van der Waals surface area contributed by atoms with Gasteiger partial charge < -0.3 is 15.1 Å². The Bertz CT molecular complexity index is 400. The lowest BCUT2D eigenvalue weighted by atomic mass is 9.75. The van der Waals surface area contributed by atoms with Crippen LogP contribution in [0.3, 0.4) is 0 Å². The molecule has 23 heavy (non-hydrogen) atoms. The molecule has 2 rings (SSSR count). The smallest absolute Gasteiger partial charge is 0.317 e. The SMILES string of the molecule is CCCN(C)C(=O)CCCNC(=O)N1CCC2CCCCC2C1. The van der Waals surface area contributed by atoms with Gasteiger partial charge in [0.2, 0.25) is 5.91 Å². The van der Waals surface area contributed by atoms with E-state index < -0.39 is 0 Å². The summed E-state index contributed by atoms with van der Waals surface area (Å²) in [5, 5.41) is 2.99. The summed E-state index contributed by atoms with van der Waals surface area (Å²) in [5.74, 6) is 1.73. The summed E-state index contributed by atoms with van der Waals surface area (Å²) in [5.41, 5.74) is 0. The Balaban J connectivity index is 1.62. The number of rotatable bonds is 6. The largest absolute Gasteiger partial charge is 0.346 e. The summed E-state index contributed by atoms with van der Waals surface area (Å²) >= 11 is 0. The maximum Gasteiger partial charge on any atom is 0.317 e. The number of nitrogens with one attached hydrogen (secondary N) is 1. The highest BCUT2D eigenvalue weighted by Gasteiger charge is 2.32. The van der Waals surface area contributed by atoms with Gasteiger partial charge in [-0.15, -0.1) is 0 Å². The minimum absolute atomic E-state index is 0.0587. The maximum atomic E-state index is 12.3. The van der Waals surface area contributed by atoms with Crippen LogP contribution in [0, 0.1) is 11.8 Å². The normalized spacial score (nSPS) is 24.0. The molecule has 1 N–H and O–H groups in total. The second-order valence-corrected chi connectivity index (χ2v) is 7.19. The molecule has 0 aromatic heterocycles. The molecule has 1 saturated carbocycles. The lowest BCUT2D eigenvalue weighted by Crippen LogP contribution is -2.48. The third-order valence-electron chi connectivity index (χ3n) is 5.41. The zero-order valence-corrected chi connectivity index (χ0v) is 14.9. The average molecular weight is 323 g/mol. The molecule has 0 radical (unpaired) electrons. The van der Waals surface area contributed by atoms with Gasteiger partial charge in [-0.05, 0) is 37.5 Å². The molecule has 2 fully saturated rings. The second kappa shape index (κ2) is 9.14. The Labute approximate surface area is 140 Å². The fourth-order valence-electron chi connectivity index (χ4n) is 3.98. The highest BCUT2D eigenvalue weighted by Crippen LogP contribution is 2.35. The van der Waals surface area contributed by atoms with Gasteiger partial charge >= 0.3 is 6.03 Å². The summed E-state index contributed by atoms with van der Waals surface area (Å²) in [6.45, 7) is 5.29. The minimum atomic E-state index is 0.0587. The van der Waals surface area contributed by atoms with E-state index in [1.807, 2.05) is 11.9 Å². The van der Waals surface area contributed by atoms with Crippen molar-refractivity contribution < 1.29 is 9.59 Å². The van der Waals surface area contributed by atoms with Gasteiger partial charge in [0.1, 0.15) is 0 Å². The van der Waals surface area contributed by atoms with Crippen molar-refractivity contribution >= 4 is 11.9 Å². The van der Waals surface area contributed by atoms with Crippen molar-refractivity contribution in [2.75, 3.05) is 33.2 Å². The fraction of sp³-hybridized carbons (Fsp3) is 0.889. The third kappa shape index (κ3) is 5.40. The molecule has 5 nitrogen and oxygen atoms in total. The molecule has 2 unspecified atom stereocenters. The van der Waals surface area contributed by atoms with Crippen LogP contribution in [0.4, 0.5) is 4.79 Å². The van der Waals surface area contributed by atoms with Gasteiger partial charge in [-0.2, -0.15) is 0 Å². The zero-order chi connectivity index (χ0) is 16.7. The molecule has 2 atom stereocenters. The Kier molecular flexibility index (Phi) is 7.18. The van der Waals surface area contributed by atoms with E-state index in [2.05, 4.69) is 12.2 Å². The van der Waals surface area contributed by atoms with E-state index in [0.717, 1.165) is 38.4 Å². The summed E-state index contributed by atoms with van der Waals surface area (Å²) < 4.78 is 0. The van der Waals surface area contributed by atoms with Crippen LogP contribution in [0.2, 0.25) is 0 Å². The Morgan fingerprint density at radius 1 is 1.17 bits per heavy atom. The Morgan fingerprint density at radius 2 is 1.91 bits per heavy atom. The molecule has 0 aromatic rings. The molecule has 1 heterocycles. The van der Waals surface area contributed by atoms with Crippen LogP contribution in [0.5, 0.6) is 0 Å². The van der Waals surface area contributed by atoms with Crippen molar-refractivity contribution in [1.82, 2.24) is 15.1 Å². The number of fused-ring (bicyclic) bond motifs is 1. The predicted molar refractivity (Wildman–Crippen MR) is 92.2 cm³/mol. The fourth-order valence-corrected chi connectivity index (χ4v) is 3.98. The predicted octanol–water partition coefficient (Wildman–Crippen LogP) is 2.86. The molecule has 1 aliphatic carbocycles. The zero-order valence-electron chi connectivity index (χ0n) is 14.9. The van der Waals surface area contributed by atoms with Crippen molar-refractivity contribution in [3.63, 3.8) is 0 Å². The molecule has 132 valence electrons. The number of piperidine rings is 1. The molecule has 3 amide bonds. The van der Waals surface area contributed by atoms with Gasteiger partial charge in [0.05, 0.1) is 0 Å². The topological polar surface area (TPSA) is 52.7 Å². The summed E-state index contributed by atoms with van der Waals surface area (Å²) in [4.78, 5) is 27.9. The molecule has 1 aliphatic heterocycles. The average Bonchev–Trinajstić information content (AvgIpc) is 2.58. The lowest BCUT2D eigenvalue weighted by Gasteiger charge is -2.41. The molecular weight excluding hydrogens is 290 g/mol. The monoisotopic (exact) mass is 323 g/mol. The van der Waals surface area contributed by atoms with Crippen LogP contribution in [-0.4, -0.2) is 55.0 Å². The highest BCUT2D eigenvalue weighted by atomic mass is 16.2. The molecule has 1 saturated heterocycles. The van der Waals surface area contributed by atoms with E-state index in [-0.39, 0.29) is 11.9 Å². The van der Waals surface area contributed by atoms with E-state index in [1.165, 1.54) is 32.1 Å². The van der Waals surface area contributed by atoms with Gasteiger partial charge in [0.25, 0.3) is 0 Å². The highest BCUT2D eigenvalue weighted by molar-refractivity contribution is 5.76. The third-order valence-corrected chi connectivity index (χ3v) is 5.41. The number of amides is 3. The molecule has 2 aliphatic rings. The summed E-state index contributed by atoms with van der Waals surface area (Å²) in [6.07, 6.45) is 8.71. The number of nitrogens with zero attached hydrogens (tertiary/aromatic N) is 2. The van der Waals surface area contributed by atoms with Crippen LogP contribution in [0.1, 0.15) is 58.3 Å². The van der Waals surface area contributed by atoms with Gasteiger partial charge in [-0.3, -0.25) is 4.79 Å². The Morgan fingerprint density at radius 3 is 2.65 bits per heavy atom. The minimum Gasteiger partial charge on any atom is -0.346 e. The number of hydrogen-bond acceptors (Lipinski definition) is 2. The van der Waals surface area contributed by atoms with Crippen LogP contribution in [0.25, 0.3) is 0 Å². The van der Waals surface area contributed by atoms with E-state index in [1.54, 1.807) is 4.90 Å². The van der Waals surface area contributed by atoms with E-state index in [4.69, 9.17) is 0 Å². The number of urea groups is 1. The van der Waals surface area contributed by atoms with E-state index in [9.17, 15) is 9.59 Å². The Hall–Kier alpha value is -1.26. The number of likely N-dealkylation sites (tertiary alicyclic amines) is 1. The van der Waals surface area contributed by atoms with Crippen LogP contribution in [0.15, 0.2) is 0 Å². The number of carbonyl (C=O) groups excluding carboxylic acids is 2. The van der Waals surface area contributed by atoms with E-state index >= 15 is 0 Å². The van der Waals surface area contributed by atoms with Crippen LogP contribution >= 0.6 is 0 Å². The van der Waals surface area contributed by atoms with Crippen LogP contribution < -0.4 is 5.32 Å². The molecule has 0 aromatic carbocycles. The van der Waals surface area contributed by atoms with Crippen LogP contribution in [-0.2, 0) is 4.79 Å². The molecule has 0 spiro atoms.